The second kappa shape index (κ2) is 11.9. The number of esters is 1. The minimum Gasteiger partial charge on any atom is -0.482 e. The van der Waals surface area contributed by atoms with Crippen molar-refractivity contribution in [1.29, 1.82) is 0 Å². The van der Waals surface area contributed by atoms with E-state index in [1.54, 1.807) is 42.7 Å². The minimum atomic E-state index is -1.25. The Hall–Kier alpha value is -4.31. The first kappa shape index (κ1) is 32.9. The van der Waals surface area contributed by atoms with Crippen LogP contribution in [0.5, 0.6) is 5.75 Å². The molecule has 1 saturated heterocycles. The van der Waals surface area contributed by atoms with Crippen LogP contribution in [0.15, 0.2) is 88.3 Å². The highest BCUT2D eigenvalue weighted by molar-refractivity contribution is 5.89. The molecule has 2 aromatic carbocycles. The van der Waals surface area contributed by atoms with Gasteiger partial charge < -0.3 is 28.5 Å². The topological polar surface area (TPSA) is 117 Å². The Bertz CT molecular complexity index is 1990. The van der Waals surface area contributed by atoms with Crippen LogP contribution in [-0.2, 0) is 14.2 Å². The third-order valence-electron chi connectivity index (χ3n) is 12.3. The first-order valence-corrected chi connectivity index (χ1v) is 17.5. The molecule has 2 aliphatic carbocycles. The number of carbonyl (C=O) groups is 1. The van der Waals surface area contributed by atoms with Crippen LogP contribution in [0.1, 0.15) is 85.0 Å². The SMILES string of the molecule is Cc1ccc(C(=O)O[C@H]2CC3[C@](C)(CC[C@@H]4O[C@H](c5ccccc5C)OC[C@]34C)C3[C@@H](O)c4c(cc(-c5cccnc5)oc4=O)O[C@@]32C)cc1. The fourth-order valence-electron chi connectivity index (χ4n) is 9.75. The number of hydrogen-bond acceptors (Lipinski definition) is 9. The van der Waals surface area contributed by atoms with E-state index in [1.807, 2.05) is 44.2 Å². The Balaban J connectivity index is 1.21. The maximum absolute atomic E-state index is 13.8. The molecule has 50 heavy (non-hydrogen) atoms. The number of fused-ring (bicyclic) bond motifs is 6. The average Bonchev–Trinajstić information content (AvgIpc) is 3.09. The number of benzene rings is 2. The standard InChI is InChI=1S/C41H43NO8/c1-23-12-14-25(15-13-23)36(44)48-32-20-30-39(3,17-16-31-40(30,4)22-46-38(49-31)27-11-7-6-9-24(27)2)35-34(43)33-29(50-41(32,35)5)19-28(47-37(33)45)26-10-8-18-42-21-26/h6-15,18-19,21,30-32,34-35,38,43H,16-17,20,22H2,1-5H3/t30?,31-,32-,34-,35?,38+,39-,40+,41+/m0/s1. The molecule has 3 fully saturated rings. The number of carbonyl (C=O) groups excluding carboxylic acids is 1. The van der Waals surface area contributed by atoms with Crippen LogP contribution in [-0.4, -0.2) is 40.5 Å². The Morgan fingerprint density at radius 1 is 1.00 bits per heavy atom. The molecule has 0 amide bonds. The second-order valence-corrected chi connectivity index (χ2v) is 15.3. The van der Waals surface area contributed by atoms with Crippen LogP contribution in [0, 0.1) is 36.5 Å². The van der Waals surface area contributed by atoms with Gasteiger partial charge in [0.25, 0.3) is 0 Å². The summed E-state index contributed by atoms with van der Waals surface area (Å²) in [7, 11) is 0. The quantitative estimate of drug-likeness (QED) is 0.222. The third kappa shape index (κ3) is 5.04. The fraction of sp³-hybridized carbons (Fsp3) is 0.439. The normalized spacial score (nSPS) is 34.3. The second-order valence-electron chi connectivity index (χ2n) is 15.3. The number of pyridine rings is 1. The van der Waals surface area contributed by atoms with Gasteiger partial charge in [0.2, 0.25) is 0 Å². The molecular formula is C41H43NO8. The van der Waals surface area contributed by atoms with Gasteiger partial charge in [-0.3, -0.25) is 4.98 Å². The number of ether oxygens (including phenoxy) is 4. The van der Waals surface area contributed by atoms with Crippen LogP contribution in [0.4, 0.5) is 0 Å². The summed E-state index contributed by atoms with van der Waals surface area (Å²) in [6.07, 6.45) is 2.46. The lowest BCUT2D eigenvalue weighted by atomic mass is 9.42. The average molecular weight is 678 g/mol. The van der Waals surface area contributed by atoms with Gasteiger partial charge in [-0.25, -0.2) is 9.59 Å². The number of aliphatic hydroxyl groups excluding tert-OH is 1. The molecule has 9 heteroatoms. The summed E-state index contributed by atoms with van der Waals surface area (Å²) in [4.78, 5) is 31.7. The molecule has 8 rings (SSSR count). The zero-order valence-electron chi connectivity index (χ0n) is 29.1. The van der Waals surface area contributed by atoms with Crippen molar-refractivity contribution in [1.82, 2.24) is 4.98 Å². The summed E-state index contributed by atoms with van der Waals surface area (Å²) < 4.78 is 32.4. The van der Waals surface area contributed by atoms with Crippen molar-refractivity contribution in [2.45, 2.75) is 84.1 Å². The molecule has 0 radical (unpaired) electrons. The summed E-state index contributed by atoms with van der Waals surface area (Å²) >= 11 is 0. The molecule has 260 valence electrons. The molecule has 0 spiro atoms. The van der Waals surface area contributed by atoms with Gasteiger partial charge in [-0.2, -0.15) is 0 Å². The molecular weight excluding hydrogens is 634 g/mol. The summed E-state index contributed by atoms with van der Waals surface area (Å²) in [5.74, 6) is -0.732. The molecule has 9 atom stereocenters. The van der Waals surface area contributed by atoms with Gasteiger partial charge in [0.1, 0.15) is 28.8 Å². The molecule has 0 bridgehead atoms. The van der Waals surface area contributed by atoms with E-state index in [1.165, 1.54) is 0 Å². The minimum absolute atomic E-state index is 0.0774. The molecule has 4 aromatic rings. The van der Waals surface area contributed by atoms with Gasteiger partial charge in [-0.15, -0.1) is 0 Å². The van der Waals surface area contributed by atoms with Gasteiger partial charge in [-0.05, 0) is 81.2 Å². The van der Waals surface area contributed by atoms with Gasteiger partial charge in [0.15, 0.2) is 6.29 Å². The van der Waals surface area contributed by atoms with Gasteiger partial charge in [0, 0.05) is 40.9 Å². The monoisotopic (exact) mass is 677 g/mol. The molecule has 1 N–H and O–H groups in total. The predicted molar refractivity (Wildman–Crippen MR) is 184 cm³/mol. The van der Waals surface area contributed by atoms with Crippen molar-refractivity contribution in [3.63, 3.8) is 0 Å². The first-order chi connectivity index (χ1) is 23.9. The number of hydrogen-bond donors (Lipinski definition) is 1. The molecule has 2 unspecified atom stereocenters. The van der Waals surface area contributed by atoms with Crippen LogP contribution in [0.25, 0.3) is 11.3 Å². The molecule has 2 aliphatic heterocycles. The Kier molecular flexibility index (Phi) is 7.82. The van der Waals surface area contributed by atoms with E-state index < -0.39 is 52.4 Å². The highest BCUT2D eigenvalue weighted by Crippen LogP contribution is 2.68. The Labute approximate surface area is 291 Å². The first-order valence-electron chi connectivity index (χ1n) is 17.5. The van der Waals surface area contributed by atoms with Gasteiger partial charge >= 0.3 is 11.6 Å². The molecule has 4 heterocycles. The van der Waals surface area contributed by atoms with Crippen molar-refractivity contribution in [2.24, 2.45) is 22.7 Å². The smallest absolute Gasteiger partial charge is 0.345 e. The summed E-state index contributed by atoms with van der Waals surface area (Å²) in [5.41, 5.74) is 1.34. The van der Waals surface area contributed by atoms with E-state index in [9.17, 15) is 14.7 Å². The number of rotatable bonds is 4. The van der Waals surface area contributed by atoms with Crippen molar-refractivity contribution in [3.05, 3.63) is 117 Å². The lowest BCUT2D eigenvalue weighted by Crippen LogP contribution is -2.72. The lowest BCUT2D eigenvalue weighted by Gasteiger charge is -2.67. The Morgan fingerprint density at radius 2 is 1.78 bits per heavy atom. The van der Waals surface area contributed by atoms with E-state index in [0.29, 0.717) is 30.6 Å². The largest absolute Gasteiger partial charge is 0.482 e. The number of aryl methyl sites for hydroxylation is 2. The molecule has 9 nitrogen and oxygen atoms in total. The van der Waals surface area contributed by atoms with Crippen molar-refractivity contribution in [3.8, 4) is 17.1 Å². The van der Waals surface area contributed by atoms with Gasteiger partial charge in [-0.1, -0.05) is 55.8 Å². The predicted octanol–water partition coefficient (Wildman–Crippen LogP) is 7.29. The zero-order chi connectivity index (χ0) is 35.0. The van der Waals surface area contributed by atoms with Gasteiger partial charge in [0.05, 0.1) is 24.4 Å². The van der Waals surface area contributed by atoms with E-state index in [2.05, 4.69) is 31.8 Å². The van der Waals surface area contributed by atoms with Crippen molar-refractivity contribution < 1.29 is 33.3 Å². The maximum atomic E-state index is 13.8. The number of nitrogens with zero attached hydrogens (tertiary/aromatic N) is 1. The van der Waals surface area contributed by atoms with E-state index >= 15 is 0 Å². The van der Waals surface area contributed by atoms with Crippen molar-refractivity contribution in [2.75, 3.05) is 6.61 Å². The van der Waals surface area contributed by atoms with Crippen LogP contribution in [0.2, 0.25) is 0 Å². The highest BCUT2D eigenvalue weighted by atomic mass is 16.7. The summed E-state index contributed by atoms with van der Waals surface area (Å²) in [6.45, 7) is 10.7. The zero-order valence-corrected chi connectivity index (χ0v) is 29.1. The van der Waals surface area contributed by atoms with Crippen molar-refractivity contribution >= 4 is 5.97 Å². The van der Waals surface area contributed by atoms with Crippen LogP contribution in [0.3, 0.4) is 0 Å². The fourth-order valence-corrected chi connectivity index (χ4v) is 9.75. The maximum Gasteiger partial charge on any atom is 0.345 e. The number of aromatic nitrogens is 1. The third-order valence-corrected chi connectivity index (χ3v) is 12.3. The number of aliphatic hydroxyl groups is 1. The Morgan fingerprint density at radius 3 is 2.52 bits per heavy atom. The lowest BCUT2D eigenvalue weighted by molar-refractivity contribution is -0.330. The molecule has 4 aliphatic rings. The van der Waals surface area contributed by atoms with E-state index in [4.69, 9.17) is 23.4 Å². The summed E-state index contributed by atoms with van der Waals surface area (Å²) in [5, 5.41) is 12.4. The highest BCUT2D eigenvalue weighted by Gasteiger charge is 2.71. The molecule has 2 aromatic heterocycles. The van der Waals surface area contributed by atoms with Crippen LogP contribution < -0.4 is 10.4 Å². The van der Waals surface area contributed by atoms with Crippen LogP contribution >= 0.6 is 0 Å². The molecule has 2 saturated carbocycles. The summed E-state index contributed by atoms with van der Waals surface area (Å²) in [6, 6.07) is 20.6. The van der Waals surface area contributed by atoms with E-state index in [0.717, 1.165) is 23.1 Å². The van der Waals surface area contributed by atoms with E-state index in [-0.39, 0.29) is 29.1 Å².